The van der Waals surface area contributed by atoms with Gasteiger partial charge < -0.3 is 10.2 Å². The van der Waals surface area contributed by atoms with Gasteiger partial charge in [0.2, 0.25) is 21.8 Å². The Balaban J connectivity index is 2.49. The van der Waals surface area contributed by atoms with Crippen LogP contribution in [0.1, 0.15) is 38.3 Å². The Bertz CT molecular complexity index is 1240. The summed E-state index contributed by atoms with van der Waals surface area (Å²) in [5, 5.41) is 14.0. The smallest absolute Gasteiger partial charge is 0.271 e. The van der Waals surface area contributed by atoms with Crippen LogP contribution in [0.15, 0.2) is 42.5 Å². The molecule has 0 aromatic heterocycles. The second-order valence-corrected chi connectivity index (χ2v) is 10.5. The van der Waals surface area contributed by atoms with Crippen molar-refractivity contribution in [2.75, 3.05) is 17.1 Å². The number of hydrogen-bond donors (Lipinski definition) is 1. The minimum Gasteiger partial charge on any atom is -0.352 e. The number of nitrogens with one attached hydrogen (secondary N) is 1. The zero-order valence-corrected chi connectivity index (χ0v) is 21.7. The Labute approximate surface area is 210 Å². The van der Waals surface area contributed by atoms with Crippen LogP contribution < -0.4 is 9.62 Å². The zero-order chi connectivity index (χ0) is 27.2. The highest BCUT2D eigenvalue weighted by Gasteiger charge is 2.32. The number of benzene rings is 2. The number of anilines is 1. The lowest BCUT2D eigenvalue weighted by Gasteiger charge is -2.32. The number of hydrogen-bond acceptors (Lipinski definition) is 6. The second kappa shape index (κ2) is 11.9. The van der Waals surface area contributed by atoms with Gasteiger partial charge in [0.25, 0.3) is 5.69 Å². The fourth-order valence-corrected chi connectivity index (χ4v) is 4.33. The summed E-state index contributed by atoms with van der Waals surface area (Å²) in [7, 11) is -4.07. The second-order valence-electron chi connectivity index (χ2n) is 8.60. The van der Waals surface area contributed by atoms with Crippen molar-refractivity contribution in [2.24, 2.45) is 0 Å². The van der Waals surface area contributed by atoms with Crippen LogP contribution in [0.25, 0.3) is 0 Å². The SMILES string of the molecule is CC[C@H](C)NC(=O)[C@H](C)N(Cc1ccccc1F)C(=O)CN(c1cc([N+](=O)[O-])ccc1C)S(C)(=O)=O. The molecule has 2 amide bonds. The van der Waals surface area contributed by atoms with Gasteiger partial charge in [-0.1, -0.05) is 31.2 Å². The van der Waals surface area contributed by atoms with Crippen LogP contribution in [0.4, 0.5) is 15.8 Å². The highest BCUT2D eigenvalue weighted by Crippen LogP contribution is 2.28. The molecule has 12 heteroatoms. The van der Waals surface area contributed by atoms with Gasteiger partial charge >= 0.3 is 0 Å². The van der Waals surface area contributed by atoms with Gasteiger partial charge in [0.1, 0.15) is 18.4 Å². The largest absolute Gasteiger partial charge is 0.352 e. The predicted molar refractivity (Wildman–Crippen MR) is 134 cm³/mol. The van der Waals surface area contributed by atoms with E-state index < -0.39 is 45.2 Å². The molecule has 0 aliphatic rings. The molecular weight excluding hydrogens is 491 g/mol. The number of nitrogens with zero attached hydrogens (tertiary/aromatic N) is 3. The van der Waals surface area contributed by atoms with Crippen LogP contribution in [0.3, 0.4) is 0 Å². The Morgan fingerprint density at radius 2 is 1.81 bits per heavy atom. The van der Waals surface area contributed by atoms with E-state index in [4.69, 9.17) is 0 Å². The van der Waals surface area contributed by atoms with E-state index in [1.807, 2.05) is 6.92 Å². The third-order valence-corrected chi connectivity index (χ3v) is 6.94. The number of nitro groups is 1. The van der Waals surface area contributed by atoms with E-state index in [9.17, 15) is 32.5 Å². The van der Waals surface area contributed by atoms with Crippen molar-refractivity contribution in [2.45, 2.75) is 52.7 Å². The van der Waals surface area contributed by atoms with Gasteiger partial charge in [0, 0.05) is 30.3 Å². The van der Waals surface area contributed by atoms with E-state index in [0.717, 1.165) is 21.5 Å². The molecule has 2 aromatic rings. The minimum atomic E-state index is -4.07. The summed E-state index contributed by atoms with van der Waals surface area (Å²) in [5.74, 6) is -1.84. The van der Waals surface area contributed by atoms with E-state index in [0.29, 0.717) is 12.0 Å². The Morgan fingerprint density at radius 3 is 2.36 bits per heavy atom. The number of aryl methyl sites for hydroxylation is 1. The predicted octanol–water partition coefficient (Wildman–Crippen LogP) is 3.14. The maximum Gasteiger partial charge on any atom is 0.271 e. The number of carbonyl (C=O) groups excluding carboxylic acids is 2. The summed E-state index contributed by atoms with van der Waals surface area (Å²) in [4.78, 5) is 38.0. The molecule has 0 saturated carbocycles. The molecule has 0 bridgehead atoms. The minimum absolute atomic E-state index is 0.0393. The van der Waals surface area contributed by atoms with Crippen molar-refractivity contribution >= 4 is 33.2 Å². The monoisotopic (exact) mass is 522 g/mol. The average molecular weight is 523 g/mol. The molecule has 0 aliphatic carbocycles. The summed E-state index contributed by atoms with van der Waals surface area (Å²) in [5.41, 5.74) is 0.150. The topological polar surface area (TPSA) is 130 Å². The molecule has 196 valence electrons. The zero-order valence-electron chi connectivity index (χ0n) is 20.9. The van der Waals surface area contributed by atoms with Crippen molar-refractivity contribution in [3.63, 3.8) is 0 Å². The summed E-state index contributed by atoms with van der Waals surface area (Å²) < 4.78 is 40.5. The maximum absolute atomic E-state index is 14.4. The fourth-order valence-electron chi connectivity index (χ4n) is 3.43. The van der Waals surface area contributed by atoms with Gasteiger partial charge in [-0.05, 0) is 38.8 Å². The van der Waals surface area contributed by atoms with Gasteiger partial charge in [0.05, 0.1) is 16.9 Å². The first kappa shape index (κ1) is 28.7. The molecular formula is C24H31FN4O6S. The van der Waals surface area contributed by atoms with E-state index in [-0.39, 0.29) is 29.5 Å². The molecule has 0 saturated heterocycles. The fraction of sp³-hybridized carbons (Fsp3) is 0.417. The first-order valence-corrected chi connectivity index (χ1v) is 13.2. The van der Waals surface area contributed by atoms with E-state index >= 15 is 0 Å². The van der Waals surface area contributed by atoms with Crippen LogP contribution >= 0.6 is 0 Å². The molecule has 36 heavy (non-hydrogen) atoms. The van der Waals surface area contributed by atoms with Crippen LogP contribution in [-0.2, 0) is 26.2 Å². The summed E-state index contributed by atoms with van der Waals surface area (Å²) in [6, 6.07) is 8.21. The first-order valence-electron chi connectivity index (χ1n) is 11.3. The quantitative estimate of drug-likeness (QED) is 0.356. The van der Waals surface area contributed by atoms with Gasteiger partial charge in [-0.3, -0.25) is 24.0 Å². The molecule has 1 N–H and O–H groups in total. The molecule has 0 radical (unpaired) electrons. The Morgan fingerprint density at radius 1 is 1.17 bits per heavy atom. The molecule has 0 spiro atoms. The van der Waals surface area contributed by atoms with Crippen molar-refractivity contribution < 1.29 is 27.3 Å². The highest BCUT2D eigenvalue weighted by molar-refractivity contribution is 7.92. The Hall–Kier alpha value is -3.54. The maximum atomic E-state index is 14.4. The molecule has 10 nitrogen and oxygen atoms in total. The van der Waals surface area contributed by atoms with Crippen LogP contribution in [0, 0.1) is 22.9 Å². The summed E-state index contributed by atoms with van der Waals surface area (Å²) >= 11 is 0. The molecule has 0 aliphatic heterocycles. The normalized spacial score (nSPS) is 12.9. The van der Waals surface area contributed by atoms with Crippen molar-refractivity contribution in [1.82, 2.24) is 10.2 Å². The van der Waals surface area contributed by atoms with E-state index in [1.165, 1.54) is 37.3 Å². The number of carbonyl (C=O) groups is 2. The van der Waals surface area contributed by atoms with Crippen molar-refractivity contribution in [3.8, 4) is 0 Å². The summed E-state index contributed by atoms with van der Waals surface area (Å²) in [6.45, 7) is 5.68. The van der Waals surface area contributed by atoms with Crippen molar-refractivity contribution in [1.29, 1.82) is 0 Å². The number of halogens is 1. The third-order valence-electron chi connectivity index (χ3n) is 5.82. The van der Waals surface area contributed by atoms with Gasteiger partial charge in [-0.2, -0.15) is 0 Å². The lowest BCUT2D eigenvalue weighted by Crippen LogP contribution is -2.52. The molecule has 0 unspecified atom stereocenters. The van der Waals surface area contributed by atoms with Crippen molar-refractivity contribution in [3.05, 3.63) is 69.5 Å². The van der Waals surface area contributed by atoms with Gasteiger partial charge in [0.15, 0.2) is 0 Å². The number of nitro benzene ring substituents is 1. The molecule has 0 fully saturated rings. The van der Waals surface area contributed by atoms with Crippen LogP contribution in [0.2, 0.25) is 0 Å². The standard InChI is InChI=1S/C24H31FN4O6S/c1-6-17(3)26-24(31)18(4)27(14-19-9-7-8-10-21(19)25)23(30)15-28(36(5,34)35)22-13-20(29(32)33)12-11-16(22)2/h7-13,17-18H,6,14-15H2,1-5H3,(H,26,31)/t17-,18-/m0/s1. The Kier molecular flexibility index (Phi) is 9.51. The third kappa shape index (κ3) is 7.23. The highest BCUT2D eigenvalue weighted by atomic mass is 32.2. The molecule has 0 heterocycles. The van der Waals surface area contributed by atoms with Crippen LogP contribution in [-0.4, -0.2) is 54.9 Å². The average Bonchev–Trinajstić information content (AvgIpc) is 2.80. The van der Waals surface area contributed by atoms with Crippen LogP contribution in [0.5, 0.6) is 0 Å². The number of rotatable bonds is 11. The summed E-state index contributed by atoms with van der Waals surface area (Å²) in [6.07, 6.45) is 1.52. The number of amides is 2. The number of non-ortho nitro benzene ring substituents is 1. The van der Waals surface area contributed by atoms with E-state index in [2.05, 4.69) is 5.32 Å². The first-order chi connectivity index (χ1) is 16.8. The van der Waals surface area contributed by atoms with Gasteiger partial charge in [-0.15, -0.1) is 0 Å². The lowest BCUT2D eigenvalue weighted by atomic mass is 10.1. The molecule has 2 aromatic carbocycles. The van der Waals surface area contributed by atoms with Gasteiger partial charge in [-0.25, -0.2) is 12.8 Å². The lowest BCUT2D eigenvalue weighted by molar-refractivity contribution is -0.384. The molecule has 2 atom stereocenters. The number of sulfonamides is 1. The van der Waals surface area contributed by atoms with E-state index in [1.54, 1.807) is 19.9 Å². The molecule has 2 rings (SSSR count).